The summed E-state index contributed by atoms with van der Waals surface area (Å²) in [5.74, 6) is -10.2. The summed E-state index contributed by atoms with van der Waals surface area (Å²) in [5.41, 5.74) is 36.3. The largest absolute Gasteiger partial charge is 0.481 e. The normalized spacial score (nSPS) is 14.2. The molecule has 3 aromatic rings. The molecule has 81 heavy (non-hydrogen) atoms. The number of H-pyrrole nitrogens is 1. The van der Waals surface area contributed by atoms with E-state index in [-0.39, 0.29) is 114 Å². The lowest BCUT2D eigenvalue weighted by molar-refractivity contribution is -0.141. The first-order chi connectivity index (χ1) is 38.5. The van der Waals surface area contributed by atoms with Gasteiger partial charge in [-0.15, -0.1) is 0 Å². The van der Waals surface area contributed by atoms with Gasteiger partial charge in [-0.3, -0.25) is 53.1 Å². The van der Waals surface area contributed by atoms with E-state index in [0.29, 0.717) is 31.6 Å². The van der Waals surface area contributed by atoms with Crippen LogP contribution in [0.1, 0.15) is 122 Å². The highest BCUT2D eigenvalue weighted by atomic mass is 32.2. The number of carboxylic acids is 1. The number of hydrogen-bond acceptors (Lipinski definition) is 13. The van der Waals surface area contributed by atoms with Crippen molar-refractivity contribution in [2.24, 2.45) is 79.9 Å². The number of rotatable bonds is 42. The van der Waals surface area contributed by atoms with Gasteiger partial charge >= 0.3 is 5.97 Å². The quantitative estimate of drug-likeness (QED) is 0.0220. The number of para-hydroxylation sites is 1. The van der Waals surface area contributed by atoms with Gasteiger partial charge in [0.05, 0.1) is 24.5 Å². The number of carboxylic acid groups (broad SMARTS) is 1. The number of aliphatic imine (C=N–C) groups is 2. The summed E-state index contributed by atoms with van der Waals surface area (Å²) >= 11 is 1.48. The molecule has 23 heteroatoms. The maximum Gasteiger partial charge on any atom is 0.304 e. The van der Waals surface area contributed by atoms with Gasteiger partial charge in [-0.2, -0.15) is 11.8 Å². The third-order valence-corrected chi connectivity index (χ3v) is 14.8. The summed E-state index contributed by atoms with van der Waals surface area (Å²) in [5, 5.41) is 18.9. The number of carbonyl (C=O) groups is 9. The maximum atomic E-state index is 14.9. The Hall–Kier alpha value is -7.14. The Bertz CT molecular complexity index is 2600. The predicted octanol–water partition coefficient (Wildman–Crippen LogP) is 3.34. The Labute approximate surface area is 479 Å². The van der Waals surface area contributed by atoms with Gasteiger partial charge in [0.25, 0.3) is 0 Å². The van der Waals surface area contributed by atoms with E-state index in [9.17, 15) is 48.3 Å². The van der Waals surface area contributed by atoms with Crippen molar-refractivity contribution >= 4 is 87.3 Å². The Morgan fingerprint density at radius 1 is 0.580 bits per heavy atom. The lowest BCUT2D eigenvalue weighted by atomic mass is 9.87. The minimum atomic E-state index is -1.17. The molecule has 0 fully saturated rings. The van der Waals surface area contributed by atoms with Crippen molar-refractivity contribution in [1.82, 2.24) is 20.9 Å². The van der Waals surface area contributed by atoms with Crippen LogP contribution in [-0.2, 0) is 56.0 Å². The summed E-state index contributed by atoms with van der Waals surface area (Å²) in [6, 6.07) is 13.4. The van der Waals surface area contributed by atoms with Crippen LogP contribution in [0.25, 0.3) is 10.9 Å². The Morgan fingerprint density at radius 3 is 1.63 bits per heavy atom. The molecule has 17 N–H and O–H groups in total. The number of fused-ring (bicyclic) bond motifs is 1. The van der Waals surface area contributed by atoms with E-state index >= 15 is 0 Å². The molecule has 0 spiro atoms. The molecule has 8 atom stereocenters. The number of Topliss-reactive ketones (excluding diaryl/α,β-unsaturated/α-hetero) is 4. The third-order valence-electron chi connectivity index (χ3n) is 14.2. The number of unbranched alkanes of at least 4 members (excludes halogenated alkanes) is 1. The van der Waals surface area contributed by atoms with Crippen molar-refractivity contribution in [1.29, 1.82) is 0 Å². The van der Waals surface area contributed by atoms with Gasteiger partial charge in [0, 0.05) is 85.5 Å². The number of amides is 4. The first-order valence-electron chi connectivity index (χ1n) is 27.9. The van der Waals surface area contributed by atoms with E-state index in [2.05, 4.69) is 30.9 Å². The molecule has 1 heterocycles. The molecule has 0 aliphatic carbocycles. The molecule has 0 aliphatic rings. The minimum absolute atomic E-state index is 0.0733. The average Bonchev–Trinajstić information content (AvgIpc) is 3.82. The maximum absolute atomic E-state index is 14.9. The van der Waals surface area contributed by atoms with E-state index in [1.165, 1.54) is 18.7 Å². The van der Waals surface area contributed by atoms with Gasteiger partial charge in [0.15, 0.2) is 29.3 Å². The smallest absolute Gasteiger partial charge is 0.304 e. The number of thioether (sulfide) groups is 1. The lowest BCUT2D eigenvalue weighted by Crippen LogP contribution is -2.49. The van der Waals surface area contributed by atoms with Crippen molar-refractivity contribution < 1.29 is 48.3 Å². The second-order valence-electron chi connectivity index (χ2n) is 21.4. The fourth-order valence-electron chi connectivity index (χ4n) is 9.68. The Morgan fingerprint density at radius 2 is 1.09 bits per heavy atom. The van der Waals surface area contributed by atoms with E-state index in [4.69, 9.17) is 34.4 Å². The molecule has 0 saturated heterocycles. The summed E-state index contributed by atoms with van der Waals surface area (Å²) in [6.45, 7) is 5.74. The van der Waals surface area contributed by atoms with Crippen LogP contribution in [0.4, 0.5) is 0 Å². The number of benzene rings is 2. The van der Waals surface area contributed by atoms with Crippen molar-refractivity contribution in [2.45, 2.75) is 142 Å². The highest BCUT2D eigenvalue weighted by molar-refractivity contribution is 7.98. The van der Waals surface area contributed by atoms with E-state index in [1.807, 2.05) is 74.7 Å². The third kappa shape index (κ3) is 25.5. The molecule has 1 aromatic heterocycles. The molecule has 446 valence electrons. The van der Waals surface area contributed by atoms with Crippen molar-refractivity contribution in [3.05, 3.63) is 71.9 Å². The average molecular weight is 1150 g/mol. The second-order valence-corrected chi connectivity index (χ2v) is 22.4. The van der Waals surface area contributed by atoms with Gasteiger partial charge < -0.3 is 60.4 Å². The molecule has 4 amide bonds. The fourth-order valence-corrected chi connectivity index (χ4v) is 10.2. The van der Waals surface area contributed by atoms with Crippen molar-refractivity contribution in [2.75, 3.05) is 31.6 Å². The number of primary amides is 1. The molecular weight excluding hydrogens is 1060 g/mol. The number of aromatic amines is 1. The van der Waals surface area contributed by atoms with E-state index in [1.54, 1.807) is 6.20 Å². The SMILES string of the molecule is CSCC[C@H](NC(=O)[C@@H](CC(=O)[C@H](CCCCN)NC(=O)[C@H](CCCN=C(N)N)CC(=O)[C@H](CC(C)C)NC(=O)[C@H](CCCN=C(N)N)CC(=O)[C@@H](C)CC(=O)O)Cc1c[nH]c2ccccc12)C(=O)C[C@@H](Cc1ccccc1)C(N)=O. The topological polar surface area (TPSA) is 407 Å². The molecule has 0 radical (unpaired) electrons. The van der Waals surface area contributed by atoms with Gasteiger partial charge in [-0.1, -0.05) is 69.3 Å². The molecule has 2 aromatic carbocycles. The van der Waals surface area contributed by atoms with Gasteiger partial charge in [-0.25, -0.2) is 0 Å². The van der Waals surface area contributed by atoms with Crippen LogP contribution in [0, 0.1) is 35.5 Å². The number of aliphatic carboxylic acids is 1. The molecule has 22 nitrogen and oxygen atoms in total. The number of aromatic nitrogens is 1. The molecular formula is C58H88N12O10S. The molecule has 3 rings (SSSR count). The number of nitrogens with two attached hydrogens (primary N) is 6. The first kappa shape index (κ1) is 68.1. The van der Waals surface area contributed by atoms with Crippen LogP contribution in [0.2, 0.25) is 0 Å². The molecule has 0 saturated carbocycles. The second kappa shape index (κ2) is 36.3. The number of hydrogen-bond donors (Lipinski definition) is 11. The zero-order valence-electron chi connectivity index (χ0n) is 47.5. The van der Waals surface area contributed by atoms with Crippen molar-refractivity contribution in [3.63, 3.8) is 0 Å². The first-order valence-corrected chi connectivity index (χ1v) is 29.3. The Kier molecular flexibility index (Phi) is 30.5. The molecule has 0 aliphatic heterocycles. The number of carbonyl (C=O) groups excluding carboxylic acids is 8. The zero-order chi connectivity index (χ0) is 60.0. The Balaban J connectivity index is 2.00. The zero-order valence-corrected chi connectivity index (χ0v) is 48.3. The lowest BCUT2D eigenvalue weighted by Gasteiger charge is -2.27. The predicted molar refractivity (Wildman–Crippen MR) is 316 cm³/mol. The molecule has 0 bridgehead atoms. The van der Waals surface area contributed by atoms with Crippen LogP contribution < -0.4 is 50.4 Å². The summed E-state index contributed by atoms with van der Waals surface area (Å²) < 4.78 is 0. The van der Waals surface area contributed by atoms with Crippen LogP contribution in [0.15, 0.2) is 70.8 Å². The van der Waals surface area contributed by atoms with E-state index in [0.717, 1.165) is 22.0 Å². The minimum Gasteiger partial charge on any atom is -0.481 e. The van der Waals surface area contributed by atoms with Gasteiger partial charge in [-0.05, 0) is 112 Å². The summed E-state index contributed by atoms with van der Waals surface area (Å²) in [7, 11) is 0. The number of nitrogens with zero attached hydrogens (tertiary/aromatic N) is 2. The van der Waals surface area contributed by atoms with Crippen LogP contribution in [0.3, 0.4) is 0 Å². The number of nitrogens with one attached hydrogen (secondary N) is 4. The standard InChI is InChI=1S/C58H88N12O10S/c1-35(2)26-47(70-55(79)38(16-12-23-65-57(61)62)30-48(71)36(3)27-52(75)76)51(74)31-39(17-13-24-66-58(63)64)54(78)68-45(20-10-11-22-59)50(73)33-41(29-42-34-67-44-19-9-8-18-43(42)44)56(80)69-46(21-25-81-4)49(72)32-40(53(60)77)28-37-14-6-5-7-15-37/h5-9,14-15,18-19,34-36,38-41,45-47,67H,10-13,16-17,20-33,59H2,1-4H3,(H2,60,77)(H,68,78)(H,69,80)(H,70,79)(H,75,76)(H4,61,62,65)(H4,63,64,66)/t36-,38+,39+,40+,41+,45-,46-,47-/m0/s1. The monoisotopic (exact) mass is 1140 g/mol. The van der Waals surface area contributed by atoms with Crippen LogP contribution >= 0.6 is 11.8 Å². The van der Waals surface area contributed by atoms with Gasteiger partial charge in [0.2, 0.25) is 23.6 Å². The highest BCUT2D eigenvalue weighted by Crippen LogP contribution is 2.26. The van der Waals surface area contributed by atoms with Gasteiger partial charge in [0.1, 0.15) is 5.78 Å². The molecule has 0 unspecified atom stereocenters. The van der Waals surface area contributed by atoms with Crippen molar-refractivity contribution in [3.8, 4) is 0 Å². The highest BCUT2D eigenvalue weighted by Gasteiger charge is 2.36. The summed E-state index contributed by atoms with van der Waals surface area (Å²) in [4.78, 5) is 136. The van der Waals surface area contributed by atoms with Crippen LogP contribution in [0.5, 0.6) is 0 Å². The number of ketones is 4. The fraction of sp³-hybridized carbons (Fsp3) is 0.569. The van der Waals surface area contributed by atoms with Crippen LogP contribution in [-0.4, -0.2) is 125 Å². The van der Waals surface area contributed by atoms with E-state index < -0.39 is 101 Å². The summed E-state index contributed by atoms with van der Waals surface area (Å²) in [6.07, 6.45) is 4.50. The number of guanidine groups is 2.